The third-order valence-electron chi connectivity index (χ3n) is 1.00. The van der Waals surface area contributed by atoms with E-state index in [-0.39, 0.29) is 10.5 Å². The molecule has 0 N–H and O–H groups in total. The lowest BCUT2D eigenvalue weighted by molar-refractivity contribution is -0.305. The van der Waals surface area contributed by atoms with Crippen molar-refractivity contribution >= 4 is 22.1 Å². The van der Waals surface area contributed by atoms with E-state index in [1.807, 2.05) is 0 Å². The number of rotatable bonds is 5. The van der Waals surface area contributed by atoms with Gasteiger partial charge in [-0.05, 0) is 24.4 Å². The van der Waals surface area contributed by atoms with Crippen molar-refractivity contribution in [2.45, 2.75) is 25.7 Å². The smallest absolute Gasteiger partial charge is 0.281 e. The first-order valence-corrected chi connectivity index (χ1v) is 3.79. The summed E-state index contributed by atoms with van der Waals surface area (Å²) in [4.78, 5) is 20.3. The zero-order chi connectivity index (χ0) is 7.98. The monoisotopic (exact) mass is 183 g/mol. The van der Waals surface area contributed by atoms with Crippen LogP contribution in [-0.4, -0.2) is 10.5 Å². The highest BCUT2D eigenvalue weighted by atomic mass is 35.5. The van der Waals surface area contributed by atoms with Crippen molar-refractivity contribution < 1.29 is 21.2 Å². The van der Waals surface area contributed by atoms with Gasteiger partial charge in [-0.3, -0.25) is 4.79 Å². The Hall–Kier alpha value is -0.0800. The Bertz CT molecular complexity index is 118. The Kier molecular flexibility index (Phi) is 5.64. The van der Waals surface area contributed by atoms with Crippen LogP contribution in [0.1, 0.15) is 25.7 Å². The fourth-order valence-electron chi connectivity index (χ4n) is 0.533. The molecule has 58 valence electrons. The second-order valence-corrected chi connectivity index (χ2v) is 2.81. The molecule has 0 aromatic rings. The molecule has 0 aromatic heterocycles. The molecule has 0 aromatic carbocycles. The van der Waals surface area contributed by atoms with Gasteiger partial charge in [0.1, 0.15) is 0 Å². The minimum atomic E-state index is -0.350. The largest absolute Gasteiger partial charge is 0.399 e. The van der Waals surface area contributed by atoms with Crippen LogP contribution in [0.4, 0.5) is 0 Å². The molecule has 0 spiro atoms. The molecule has 0 fully saturated rings. The Balaban J connectivity index is 3.06. The summed E-state index contributed by atoms with van der Waals surface area (Å²) >= 11 is 9.34. The maximum absolute atomic E-state index is 10.2. The quantitative estimate of drug-likeness (QED) is 0.473. The summed E-state index contributed by atoms with van der Waals surface area (Å²) in [7, 11) is 0. The normalized spacial score (nSPS) is 9.40. The highest BCUT2D eigenvalue weighted by Gasteiger charge is 2.04. The van der Waals surface area contributed by atoms with Crippen molar-refractivity contribution in [3.05, 3.63) is 0 Å². The highest BCUT2D eigenvalue weighted by molar-refractivity contribution is 6.63. The molecule has 0 unspecified atom stereocenters. The standard InChI is InChI=1S/C6H9Cl2O2/c7-5(9)3-1-2-4-6(8)10/h7H,1-4H2/q+1. The number of carbonyl (C=O) groups is 2. The Labute approximate surface area is 69.5 Å². The zero-order valence-electron chi connectivity index (χ0n) is 5.43. The van der Waals surface area contributed by atoms with Gasteiger partial charge >= 0.3 is 5.24 Å². The Morgan fingerprint density at radius 2 is 1.70 bits per heavy atom. The summed E-state index contributed by atoms with van der Waals surface area (Å²) in [6.45, 7) is 0. The van der Waals surface area contributed by atoms with Crippen LogP contribution in [0.3, 0.4) is 0 Å². The van der Waals surface area contributed by atoms with Crippen LogP contribution in [0.15, 0.2) is 0 Å². The second-order valence-electron chi connectivity index (χ2n) is 1.93. The van der Waals surface area contributed by atoms with Crippen molar-refractivity contribution in [2.24, 2.45) is 0 Å². The maximum atomic E-state index is 10.2. The molecule has 0 rings (SSSR count). The van der Waals surface area contributed by atoms with Crippen molar-refractivity contribution in [3.8, 4) is 0 Å². The maximum Gasteiger partial charge on any atom is 0.399 e. The number of hydrogen-bond donors (Lipinski definition) is 0. The van der Waals surface area contributed by atoms with Crippen LogP contribution >= 0.6 is 11.6 Å². The van der Waals surface area contributed by atoms with Gasteiger partial charge in [0, 0.05) is 6.42 Å². The van der Waals surface area contributed by atoms with Crippen LogP contribution in [0, 0.1) is 11.6 Å². The van der Waals surface area contributed by atoms with Gasteiger partial charge in [-0.15, -0.1) is 0 Å². The lowest BCUT2D eigenvalue weighted by Gasteiger charge is -1.88. The molecule has 10 heavy (non-hydrogen) atoms. The van der Waals surface area contributed by atoms with E-state index in [1.165, 1.54) is 0 Å². The summed E-state index contributed by atoms with van der Waals surface area (Å²) in [6.07, 6.45) is 2.04. The number of halogens is 2. The van der Waals surface area contributed by atoms with Crippen LogP contribution in [-0.2, 0) is 9.59 Å². The van der Waals surface area contributed by atoms with Gasteiger partial charge in [-0.2, -0.15) is 0 Å². The molecule has 0 saturated carbocycles. The van der Waals surface area contributed by atoms with Crippen LogP contribution in [0.5, 0.6) is 0 Å². The van der Waals surface area contributed by atoms with E-state index in [0.717, 1.165) is 0 Å². The van der Waals surface area contributed by atoms with E-state index in [2.05, 4.69) is 11.6 Å². The minimum absolute atomic E-state index is 0.248. The first-order chi connectivity index (χ1) is 4.63. The molecule has 0 aliphatic rings. The van der Waals surface area contributed by atoms with E-state index in [1.54, 1.807) is 0 Å². The summed E-state index contributed by atoms with van der Waals surface area (Å²) in [5.74, 6) is 0. The second kappa shape index (κ2) is 5.69. The zero-order valence-corrected chi connectivity index (χ0v) is 7.00. The average Bonchev–Trinajstić information content (AvgIpc) is 1.79. The Morgan fingerprint density at radius 1 is 1.20 bits per heavy atom. The van der Waals surface area contributed by atoms with E-state index < -0.39 is 0 Å². The fourth-order valence-corrected chi connectivity index (χ4v) is 0.811. The van der Waals surface area contributed by atoms with Gasteiger partial charge < -0.3 is 0 Å². The average molecular weight is 184 g/mol. The summed E-state index contributed by atoms with van der Waals surface area (Å²) in [6, 6.07) is 0. The minimum Gasteiger partial charge on any atom is -0.281 e. The first kappa shape index (κ1) is 9.92. The number of unbranched alkanes of at least 4 members (excludes halogenated alkanes) is 1. The number of carbonyl (C=O) groups excluding carboxylic acids is 2. The molecule has 2 nitrogen and oxygen atoms in total. The lowest BCUT2D eigenvalue weighted by atomic mass is 10.2. The topological polar surface area (TPSA) is 34.1 Å². The van der Waals surface area contributed by atoms with Crippen LogP contribution < -0.4 is 0 Å². The molecule has 0 atom stereocenters. The predicted molar refractivity (Wildman–Crippen MR) is 35.7 cm³/mol. The molecule has 4 heteroatoms. The summed E-state index contributed by atoms with van der Waals surface area (Å²) < 4.78 is 0. The van der Waals surface area contributed by atoms with Crippen LogP contribution in [0.2, 0.25) is 0 Å². The molecule has 0 saturated heterocycles. The van der Waals surface area contributed by atoms with Crippen molar-refractivity contribution in [1.29, 1.82) is 0 Å². The van der Waals surface area contributed by atoms with Gasteiger partial charge in [0.25, 0.3) is 0 Å². The van der Waals surface area contributed by atoms with Gasteiger partial charge in [0.15, 0.2) is 11.6 Å². The molecule has 0 heterocycles. The lowest BCUT2D eigenvalue weighted by Crippen LogP contribution is -1.92. The van der Waals surface area contributed by atoms with Gasteiger partial charge in [-0.25, -0.2) is 4.79 Å². The van der Waals surface area contributed by atoms with Crippen molar-refractivity contribution in [3.63, 3.8) is 0 Å². The van der Waals surface area contributed by atoms with E-state index >= 15 is 0 Å². The van der Waals surface area contributed by atoms with E-state index in [0.29, 0.717) is 25.7 Å². The van der Waals surface area contributed by atoms with Crippen molar-refractivity contribution in [2.75, 3.05) is 0 Å². The van der Waals surface area contributed by atoms with Gasteiger partial charge in [-0.1, -0.05) is 0 Å². The van der Waals surface area contributed by atoms with Gasteiger partial charge in [0.2, 0.25) is 5.24 Å². The van der Waals surface area contributed by atoms with E-state index in [9.17, 15) is 9.59 Å². The van der Waals surface area contributed by atoms with Crippen molar-refractivity contribution in [1.82, 2.24) is 0 Å². The third-order valence-corrected chi connectivity index (χ3v) is 1.40. The molecular formula is C6H9Cl2O2+. The molecule has 0 bridgehead atoms. The highest BCUT2D eigenvalue weighted by Crippen LogP contribution is 2.01. The fraction of sp³-hybridized carbons (Fsp3) is 0.667. The molecule has 0 aliphatic carbocycles. The molecule has 0 aliphatic heterocycles. The van der Waals surface area contributed by atoms with E-state index in [4.69, 9.17) is 11.6 Å². The summed E-state index contributed by atoms with van der Waals surface area (Å²) in [5, 5.41) is -0.598. The molecule has 0 radical (unpaired) electrons. The predicted octanol–water partition coefficient (Wildman–Crippen LogP) is 1.12. The SMILES string of the molecule is O=C(Cl)CCCCC(=O)[ClH+]. The first-order valence-electron chi connectivity index (χ1n) is 3.01. The van der Waals surface area contributed by atoms with Crippen LogP contribution in [0.25, 0.3) is 0 Å². The van der Waals surface area contributed by atoms with Gasteiger partial charge in [0.05, 0.1) is 6.42 Å². The molecular weight excluding hydrogens is 175 g/mol. The summed E-state index contributed by atoms with van der Waals surface area (Å²) in [5.41, 5.74) is 0. The third kappa shape index (κ3) is 7.92. The Morgan fingerprint density at radius 3 is 2.10 bits per heavy atom. The molecule has 0 amide bonds. The number of hydrogen-bond acceptors (Lipinski definition) is 2.